The molecule has 0 rings (SSSR count). The number of carbonyl (C=O) groups excluding carboxylic acids is 4. The van der Waals surface area contributed by atoms with E-state index >= 15 is 0 Å². The molecule has 0 aromatic rings. The molecule has 0 bridgehead atoms. The van der Waals surface area contributed by atoms with Crippen LogP contribution in [0.2, 0.25) is 0 Å². The fraction of sp³-hybridized carbons (Fsp3) is 0.938. The molecule has 84 heavy (non-hydrogen) atoms. The van der Waals surface area contributed by atoms with Gasteiger partial charge < -0.3 is 33.8 Å². The number of phosphoric acid groups is 2. The highest BCUT2D eigenvalue weighted by Crippen LogP contribution is 2.45. The number of hydrogen-bond acceptors (Lipinski definition) is 15. The highest BCUT2D eigenvalue weighted by molar-refractivity contribution is 7.47. The molecule has 0 amide bonds. The number of esters is 4. The smallest absolute Gasteiger partial charge is 0.462 e. The number of ether oxygens (including phenoxy) is 4. The van der Waals surface area contributed by atoms with Crippen molar-refractivity contribution in [3.63, 3.8) is 0 Å². The highest BCUT2D eigenvalue weighted by atomic mass is 31.2. The molecule has 0 saturated carbocycles. The minimum atomic E-state index is -4.94. The summed E-state index contributed by atoms with van der Waals surface area (Å²) in [5.74, 6) is -1.33. The quantitative estimate of drug-likeness (QED) is 0.0222. The van der Waals surface area contributed by atoms with E-state index in [4.69, 9.17) is 37.0 Å². The van der Waals surface area contributed by atoms with E-state index in [-0.39, 0.29) is 25.7 Å². The van der Waals surface area contributed by atoms with E-state index in [0.717, 1.165) is 109 Å². The zero-order valence-corrected chi connectivity index (χ0v) is 55.8. The Morgan fingerprint density at radius 2 is 0.548 bits per heavy atom. The van der Waals surface area contributed by atoms with Crippen LogP contribution in [0.1, 0.15) is 330 Å². The van der Waals surface area contributed by atoms with E-state index in [2.05, 4.69) is 34.6 Å². The number of aliphatic hydroxyl groups is 1. The van der Waals surface area contributed by atoms with Gasteiger partial charge in [-0.25, -0.2) is 9.13 Å². The van der Waals surface area contributed by atoms with E-state index in [9.17, 15) is 43.2 Å². The van der Waals surface area contributed by atoms with E-state index < -0.39 is 97.5 Å². The Balaban J connectivity index is 5.15. The van der Waals surface area contributed by atoms with Crippen LogP contribution in [0.15, 0.2) is 0 Å². The van der Waals surface area contributed by atoms with Gasteiger partial charge >= 0.3 is 39.5 Å². The van der Waals surface area contributed by atoms with Crippen LogP contribution in [-0.2, 0) is 65.4 Å². The summed E-state index contributed by atoms with van der Waals surface area (Å²) >= 11 is 0. The molecule has 0 heterocycles. The van der Waals surface area contributed by atoms with E-state index in [1.807, 2.05) is 0 Å². The monoisotopic (exact) mass is 1240 g/mol. The Labute approximate surface area is 511 Å². The van der Waals surface area contributed by atoms with Gasteiger partial charge in [0.25, 0.3) is 0 Å². The van der Waals surface area contributed by atoms with Crippen LogP contribution < -0.4 is 0 Å². The Morgan fingerprint density at radius 1 is 0.321 bits per heavy atom. The Bertz CT molecular complexity index is 1640. The van der Waals surface area contributed by atoms with E-state index in [1.54, 1.807) is 0 Å². The second-order valence-electron chi connectivity index (χ2n) is 24.0. The standard InChI is InChI=1S/C65H126O17P2/c1-6-9-12-15-18-20-30-34-39-44-49-63(68)76-55-61(82-65(70)51-46-41-36-31-27-25-23-21-22-24-26-29-33-37-42-47-58(4)5)57-80-84(73,74)78-53-59(66)52-77-83(71,72)79-56-60(54-75-62(67)48-43-38-32-17-14-11-8-3)81-64(69)50-45-40-35-28-19-16-13-10-7-2/h58-61,66H,6-57H2,1-5H3,(H,71,72)(H,73,74)/t59-,60+,61+/m0/s1. The van der Waals surface area contributed by atoms with Crippen LogP contribution in [0.5, 0.6) is 0 Å². The Morgan fingerprint density at radius 3 is 0.810 bits per heavy atom. The average Bonchev–Trinajstić information content (AvgIpc) is 3.57. The summed E-state index contributed by atoms with van der Waals surface area (Å²) in [6.07, 6.45) is 43.2. The zero-order valence-electron chi connectivity index (χ0n) is 54.0. The maximum absolute atomic E-state index is 13.0. The molecule has 0 aliphatic heterocycles. The minimum absolute atomic E-state index is 0.106. The normalized spacial score (nSPS) is 14.2. The van der Waals surface area contributed by atoms with Gasteiger partial charge in [-0.05, 0) is 31.6 Å². The number of unbranched alkanes of at least 4 members (excludes halogenated alkanes) is 37. The fourth-order valence-corrected chi connectivity index (χ4v) is 11.3. The topological polar surface area (TPSA) is 237 Å². The van der Waals surface area contributed by atoms with Crippen molar-refractivity contribution in [1.82, 2.24) is 0 Å². The van der Waals surface area contributed by atoms with Crippen molar-refractivity contribution in [3.8, 4) is 0 Å². The van der Waals surface area contributed by atoms with Gasteiger partial charge in [-0.1, -0.05) is 279 Å². The van der Waals surface area contributed by atoms with Crippen LogP contribution in [0.25, 0.3) is 0 Å². The molecule has 19 heteroatoms. The van der Waals surface area contributed by atoms with Gasteiger partial charge in [-0.15, -0.1) is 0 Å². The van der Waals surface area contributed by atoms with Crippen LogP contribution in [0, 0.1) is 5.92 Å². The van der Waals surface area contributed by atoms with Gasteiger partial charge in [0.05, 0.1) is 26.4 Å². The molecule has 2 unspecified atom stereocenters. The number of aliphatic hydroxyl groups excluding tert-OH is 1. The van der Waals surface area contributed by atoms with Crippen molar-refractivity contribution in [2.75, 3.05) is 39.6 Å². The van der Waals surface area contributed by atoms with Crippen molar-refractivity contribution in [3.05, 3.63) is 0 Å². The maximum Gasteiger partial charge on any atom is 0.472 e. The molecule has 0 radical (unpaired) electrons. The molecule has 0 spiro atoms. The predicted octanol–water partition coefficient (Wildman–Crippen LogP) is 18.2. The first-order chi connectivity index (χ1) is 40.5. The van der Waals surface area contributed by atoms with Crippen molar-refractivity contribution in [2.45, 2.75) is 348 Å². The molecule has 0 fully saturated rings. The minimum Gasteiger partial charge on any atom is -0.462 e. The SMILES string of the molecule is CCCCCCCCCCCCC(=O)OC[C@H](COP(=O)(O)OC[C@@H](O)COP(=O)(O)OC[C@@H](COC(=O)CCCCCCCCC)OC(=O)CCCCCCCCCCC)OC(=O)CCCCCCCCCCCCCCCCCC(C)C. The van der Waals surface area contributed by atoms with Gasteiger partial charge in [-0.2, -0.15) is 0 Å². The molecular formula is C65H126O17P2. The van der Waals surface area contributed by atoms with E-state index in [0.29, 0.717) is 25.7 Å². The van der Waals surface area contributed by atoms with Crippen LogP contribution >= 0.6 is 15.6 Å². The third-order valence-electron chi connectivity index (χ3n) is 15.0. The Kier molecular flexibility index (Phi) is 57.4. The Hall–Kier alpha value is -1.94. The summed E-state index contributed by atoms with van der Waals surface area (Å²) in [4.78, 5) is 72.1. The summed E-state index contributed by atoms with van der Waals surface area (Å²) in [5.41, 5.74) is 0. The zero-order chi connectivity index (χ0) is 62.0. The van der Waals surface area contributed by atoms with Crippen LogP contribution in [0.4, 0.5) is 0 Å². The van der Waals surface area contributed by atoms with Gasteiger partial charge in [0, 0.05) is 25.7 Å². The van der Waals surface area contributed by atoms with Crippen molar-refractivity contribution < 1.29 is 80.2 Å². The third kappa shape index (κ3) is 59.0. The number of hydrogen-bond donors (Lipinski definition) is 3. The van der Waals surface area contributed by atoms with Crippen LogP contribution in [0.3, 0.4) is 0 Å². The van der Waals surface area contributed by atoms with E-state index in [1.165, 1.54) is 141 Å². The molecule has 17 nitrogen and oxygen atoms in total. The number of carbonyl (C=O) groups is 4. The lowest BCUT2D eigenvalue weighted by atomic mass is 10.0. The van der Waals surface area contributed by atoms with Gasteiger partial charge in [-0.3, -0.25) is 37.3 Å². The molecule has 5 atom stereocenters. The summed E-state index contributed by atoms with van der Waals surface area (Å²) in [6, 6.07) is 0. The van der Waals surface area contributed by atoms with Gasteiger partial charge in [0.1, 0.15) is 19.3 Å². The molecular weight excluding hydrogens is 1110 g/mol. The molecule has 0 aliphatic carbocycles. The molecule has 0 aromatic heterocycles. The van der Waals surface area contributed by atoms with Crippen molar-refractivity contribution in [1.29, 1.82) is 0 Å². The van der Waals surface area contributed by atoms with Gasteiger partial charge in [0.2, 0.25) is 0 Å². The van der Waals surface area contributed by atoms with Gasteiger partial charge in [0.15, 0.2) is 12.2 Å². The molecule has 0 aliphatic rings. The first kappa shape index (κ1) is 82.1. The highest BCUT2D eigenvalue weighted by Gasteiger charge is 2.30. The summed E-state index contributed by atoms with van der Waals surface area (Å²) in [6.45, 7) is 7.17. The molecule has 0 aromatic carbocycles. The lowest BCUT2D eigenvalue weighted by Gasteiger charge is -2.21. The second-order valence-corrected chi connectivity index (χ2v) is 26.9. The summed E-state index contributed by atoms with van der Waals surface area (Å²) in [5, 5.41) is 10.5. The molecule has 498 valence electrons. The fourth-order valence-electron chi connectivity index (χ4n) is 9.76. The third-order valence-corrected chi connectivity index (χ3v) is 16.9. The molecule has 3 N–H and O–H groups in total. The first-order valence-electron chi connectivity index (χ1n) is 34.1. The summed E-state index contributed by atoms with van der Waals surface area (Å²) in [7, 11) is -9.88. The summed E-state index contributed by atoms with van der Waals surface area (Å²) < 4.78 is 67.9. The lowest BCUT2D eigenvalue weighted by molar-refractivity contribution is -0.161. The number of rotatable bonds is 65. The lowest BCUT2D eigenvalue weighted by Crippen LogP contribution is -2.30. The largest absolute Gasteiger partial charge is 0.472 e. The molecule has 0 saturated heterocycles. The number of phosphoric ester groups is 2. The predicted molar refractivity (Wildman–Crippen MR) is 335 cm³/mol. The first-order valence-corrected chi connectivity index (χ1v) is 37.1. The van der Waals surface area contributed by atoms with Crippen molar-refractivity contribution >= 4 is 39.5 Å². The maximum atomic E-state index is 13.0. The second kappa shape index (κ2) is 58.7. The van der Waals surface area contributed by atoms with Crippen LogP contribution in [-0.4, -0.2) is 96.7 Å². The van der Waals surface area contributed by atoms with Crippen molar-refractivity contribution in [2.24, 2.45) is 5.92 Å². The average molecular weight is 1240 g/mol.